The number of anilines is 1. The van der Waals surface area contributed by atoms with Crippen molar-refractivity contribution in [1.82, 2.24) is 4.98 Å². The molecule has 1 N–H and O–H groups in total. The molecule has 1 aromatic heterocycles. The van der Waals surface area contributed by atoms with E-state index in [9.17, 15) is 0 Å². The highest BCUT2D eigenvalue weighted by Crippen LogP contribution is 2.19. The molecule has 0 fully saturated rings. The molecule has 0 aliphatic rings. The molecule has 0 spiro atoms. The first kappa shape index (κ1) is 11.1. The molecule has 2 nitrogen and oxygen atoms in total. The van der Waals surface area contributed by atoms with Crippen LogP contribution in [0, 0.1) is 0 Å². The average molecular weight is 232 g/mol. The summed E-state index contributed by atoms with van der Waals surface area (Å²) in [6.45, 7) is 5.22. The molecule has 0 aliphatic heterocycles. The first-order valence-electron chi connectivity index (χ1n) is 5.48. The van der Waals surface area contributed by atoms with Gasteiger partial charge < -0.3 is 5.32 Å². The molecule has 0 unspecified atom stereocenters. The summed E-state index contributed by atoms with van der Waals surface area (Å²) in [7, 11) is 0. The van der Waals surface area contributed by atoms with E-state index in [2.05, 4.69) is 48.4 Å². The van der Waals surface area contributed by atoms with Crippen LogP contribution in [0.2, 0.25) is 0 Å². The first-order valence-corrected chi connectivity index (χ1v) is 6.36. The molecule has 16 heavy (non-hydrogen) atoms. The van der Waals surface area contributed by atoms with Crippen LogP contribution in [0.5, 0.6) is 0 Å². The van der Waals surface area contributed by atoms with Crippen LogP contribution in [0.3, 0.4) is 0 Å². The van der Waals surface area contributed by atoms with Crippen LogP contribution in [0.15, 0.2) is 35.8 Å². The fourth-order valence-electron chi connectivity index (χ4n) is 1.53. The highest BCUT2D eigenvalue weighted by molar-refractivity contribution is 7.09. The van der Waals surface area contributed by atoms with E-state index < -0.39 is 0 Å². The monoisotopic (exact) mass is 232 g/mol. The lowest BCUT2D eigenvalue weighted by atomic mass is 10.0. The lowest BCUT2D eigenvalue weighted by Gasteiger charge is -2.09. The van der Waals surface area contributed by atoms with E-state index in [4.69, 9.17) is 0 Å². The maximum Gasteiger partial charge on any atom is 0.112 e. The number of hydrogen-bond acceptors (Lipinski definition) is 3. The fourth-order valence-corrected chi connectivity index (χ4v) is 2.08. The summed E-state index contributed by atoms with van der Waals surface area (Å²) in [5.41, 5.74) is 2.53. The van der Waals surface area contributed by atoms with Gasteiger partial charge in [-0.3, -0.25) is 0 Å². The van der Waals surface area contributed by atoms with E-state index >= 15 is 0 Å². The summed E-state index contributed by atoms with van der Waals surface area (Å²) in [5.74, 6) is 0.571. The van der Waals surface area contributed by atoms with Gasteiger partial charge >= 0.3 is 0 Å². The van der Waals surface area contributed by atoms with E-state index in [1.165, 1.54) is 11.3 Å². The average Bonchev–Trinajstić information content (AvgIpc) is 2.79. The highest BCUT2D eigenvalue weighted by atomic mass is 32.1. The third-order valence-corrected chi connectivity index (χ3v) is 3.26. The van der Waals surface area contributed by atoms with Gasteiger partial charge in [-0.05, 0) is 23.6 Å². The van der Waals surface area contributed by atoms with Gasteiger partial charge in [0, 0.05) is 17.3 Å². The molecule has 3 heteroatoms. The lowest BCUT2D eigenvalue weighted by Crippen LogP contribution is -1.99. The maximum absolute atomic E-state index is 4.24. The Balaban J connectivity index is 2.01. The Kier molecular flexibility index (Phi) is 3.57. The minimum Gasteiger partial charge on any atom is -0.379 e. The van der Waals surface area contributed by atoms with Crippen molar-refractivity contribution in [3.8, 4) is 0 Å². The minimum atomic E-state index is 0.571. The third-order valence-electron chi connectivity index (χ3n) is 2.48. The molecular formula is C13H16N2S. The molecule has 0 radical (unpaired) electrons. The van der Waals surface area contributed by atoms with Crippen molar-refractivity contribution < 1.29 is 0 Å². The topological polar surface area (TPSA) is 24.9 Å². The van der Waals surface area contributed by atoms with Gasteiger partial charge in [0.15, 0.2) is 0 Å². The molecule has 0 atom stereocenters. The van der Waals surface area contributed by atoms with Crippen LogP contribution in [0.25, 0.3) is 0 Å². The second-order valence-electron chi connectivity index (χ2n) is 4.06. The standard InChI is InChI=1S/C13H16N2S/c1-10(2)11-4-3-5-12(8-11)15-9-13-14-6-7-16-13/h3-8,10,15H,9H2,1-2H3. The number of rotatable bonds is 4. The molecule has 0 amide bonds. The van der Waals surface area contributed by atoms with Crippen molar-refractivity contribution in [2.24, 2.45) is 0 Å². The van der Waals surface area contributed by atoms with Crippen molar-refractivity contribution >= 4 is 17.0 Å². The van der Waals surface area contributed by atoms with Gasteiger partial charge in [0.25, 0.3) is 0 Å². The van der Waals surface area contributed by atoms with Crippen molar-refractivity contribution in [3.63, 3.8) is 0 Å². The smallest absolute Gasteiger partial charge is 0.112 e. The second-order valence-corrected chi connectivity index (χ2v) is 5.04. The molecule has 1 heterocycles. The van der Waals surface area contributed by atoms with Gasteiger partial charge in [0.2, 0.25) is 0 Å². The van der Waals surface area contributed by atoms with Crippen LogP contribution >= 0.6 is 11.3 Å². The van der Waals surface area contributed by atoms with E-state index in [0.29, 0.717) is 5.92 Å². The summed E-state index contributed by atoms with van der Waals surface area (Å²) in [6, 6.07) is 8.57. The van der Waals surface area contributed by atoms with E-state index in [1.807, 2.05) is 11.6 Å². The number of hydrogen-bond donors (Lipinski definition) is 1. The van der Waals surface area contributed by atoms with Crippen molar-refractivity contribution in [2.45, 2.75) is 26.3 Å². The molecule has 1 aromatic carbocycles. The zero-order valence-corrected chi connectivity index (χ0v) is 10.4. The molecule has 0 bridgehead atoms. The Labute approximate surface area is 100 Å². The number of aromatic nitrogens is 1. The van der Waals surface area contributed by atoms with Crippen LogP contribution in [-0.2, 0) is 6.54 Å². The van der Waals surface area contributed by atoms with Crippen LogP contribution in [0.1, 0.15) is 30.3 Å². The molecule has 0 saturated heterocycles. The van der Waals surface area contributed by atoms with Gasteiger partial charge in [-0.2, -0.15) is 0 Å². The van der Waals surface area contributed by atoms with E-state index in [1.54, 1.807) is 11.3 Å². The Morgan fingerprint density at radius 3 is 2.94 bits per heavy atom. The number of nitrogens with zero attached hydrogens (tertiary/aromatic N) is 1. The summed E-state index contributed by atoms with van der Waals surface area (Å²) in [4.78, 5) is 4.24. The first-order chi connectivity index (χ1) is 7.75. The molecule has 0 aliphatic carbocycles. The Bertz CT molecular complexity index is 435. The van der Waals surface area contributed by atoms with Crippen molar-refractivity contribution in [2.75, 3.05) is 5.32 Å². The largest absolute Gasteiger partial charge is 0.379 e. The quantitative estimate of drug-likeness (QED) is 0.865. The lowest BCUT2D eigenvalue weighted by molar-refractivity contribution is 0.866. The third kappa shape index (κ3) is 2.83. The SMILES string of the molecule is CC(C)c1cccc(NCc2nccs2)c1. The van der Waals surface area contributed by atoms with E-state index in [0.717, 1.165) is 11.6 Å². The predicted molar refractivity (Wildman–Crippen MR) is 70.0 cm³/mol. The normalized spacial score (nSPS) is 10.7. The predicted octanol–water partition coefficient (Wildman–Crippen LogP) is 3.88. The molecule has 0 saturated carbocycles. The van der Waals surface area contributed by atoms with Crippen molar-refractivity contribution in [1.29, 1.82) is 0 Å². The fraction of sp³-hybridized carbons (Fsp3) is 0.308. The number of benzene rings is 1. The van der Waals surface area contributed by atoms with Crippen LogP contribution in [0.4, 0.5) is 5.69 Å². The van der Waals surface area contributed by atoms with Gasteiger partial charge in [-0.1, -0.05) is 26.0 Å². The molecule has 84 valence electrons. The Morgan fingerprint density at radius 1 is 1.38 bits per heavy atom. The maximum atomic E-state index is 4.24. The van der Waals surface area contributed by atoms with Gasteiger partial charge in [0.1, 0.15) is 5.01 Å². The summed E-state index contributed by atoms with van der Waals surface area (Å²) < 4.78 is 0. The number of thiazole rings is 1. The van der Waals surface area contributed by atoms with Crippen LogP contribution in [-0.4, -0.2) is 4.98 Å². The second kappa shape index (κ2) is 5.12. The van der Waals surface area contributed by atoms with Gasteiger partial charge in [0.05, 0.1) is 6.54 Å². The summed E-state index contributed by atoms with van der Waals surface area (Å²) in [6.07, 6.45) is 1.84. The zero-order chi connectivity index (χ0) is 11.4. The highest BCUT2D eigenvalue weighted by Gasteiger charge is 2.00. The molecule has 2 rings (SSSR count). The van der Waals surface area contributed by atoms with E-state index in [-0.39, 0.29) is 0 Å². The van der Waals surface area contributed by atoms with Crippen LogP contribution < -0.4 is 5.32 Å². The van der Waals surface area contributed by atoms with Gasteiger partial charge in [-0.25, -0.2) is 4.98 Å². The zero-order valence-electron chi connectivity index (χ0n) is 9.60. The van der Waals surface area contributed by atoms with Gasteiger partial charge in [-0.15, -0.1) is 11.3 Å². The summed E-state index contributed by atoms with van der Waals surface area (Å²) >= 11 is 1.68. The summed E-state index contributed by atoms with van der Waals surface area (Å²) in [5, 5.41) is 6.51. The van der Waals surface area contributed by atoms with Crippen molar-refractivity contribution in [3.05, 3.63) is 46.4 Å². The molecule has 2 aromatic rings. The minimum absolute atomic E-state index is 0.571. The Morgan fingerprint density at radius 2 is 2.25 bits per heavy atom. The number of nitrogens with one attached hydrogen (secondary N) is 1. The Hall–Kier alpha value is -1.35. The molecular weight excluding hydrogens is 216 g/mol.